The summed E-state index contributed by atoms with van der Waals surface area (Å²) >= 11 is 3.22. The second-order valence-electron chi connectivity index (χ2n) is 4.46. The van der Waals surface area contributed by atoms with Gasteiger partial charge in [-0.15, -0.1) is 12.4 Å². The van der Waals surface area contributed by atoms with Gasteiger partial charge in [-0.25, -0.2) is 4.39 Å². The molecule has 1 aliphatic rings. The van der Waals surface area contributed by atoms with Crippen molar-refractivity contribution in [1.29, 1.82) is 0 Å². The van der Waals surface area contributed by atoms with E-state index < -0.39 is 0 Å². The standard InChI is InChI=1S/C13H18BrFN2O.ClH/c14-11-3-1-2-10(13(11)15)12(4-9-18)17-7-5-16-6-8-17;/h1-3,12,16,18H,4-9H2;1H/t12-;/m0./s1. The molecule has 0 saturated carbocycles. The molecule has 1 saturated heterocycles. The van der Waals surface area contributed by atoms with Crippen LogP contribution in [0.3, 0.4) is 0 Å². The van der Waals surface area contributed by atoms with Crippen LogP contribution in [-0.2, 0) is 0 Å². The molecule has 1 aromatic carbocycles. The topological polar surface area (TPSA) is 35.5 Å². The van der Waals surface area contributed by atoms with Gasteiger partial charge in [0.15, 0.2) is 0 Å². The van der Waals surface area contributed by atoms with E-state index in [1.54, 1.807) is 6.07 Å². The summed E-state index contributed by atoms with van der Waals surface area (Å²) in [7, 11) is 0. The number of aliphatic hydroxyl groups is 1. The lowest BCUT2D eigenvalue weighted by atomic mass is 10.0. The lowest BCUT2D eigenvalue weighted by Crippen LogP contribution is -2.45. The van der Waals surface area contributed by atoms with E-state index in [9.17, 15) is 9.50 Å². The minimum absolute atomic E-state index is 0. The van der Waals surface area contributed by atoms with Gasteiger partial charge in [0.25, 0.3) is 0 Å². The highest BCUT2D eigenvalue weighted by molar-refractivity contribution is 9.10. The summed E-state index contributed by atoms with van der Waals surface area (Å²) in [6.45, 7) is 3.67. The summed E-state index contributed by atoms with van der Waals surface area (Å²) in [6, 6.07) is 5.30. The lowest BCUT2D eigenvalue weighted by Gasteiger charge is -2.35. The third-order valence-electron chi connectivity index (χ3n) is 3.34. The van der Waals surface area contributed by atoms with Gasteiger partial charge in [0.2, 0.25) is 0 Å². The molecule has 2 N–H and O–H groups in total. The maximum absolute atomic E-state index is 14.2. The SMILES string of the molecule is Cl.OCC[C@@H](c1cccc(Br)c1F)N1CCNCC1. The van der Waals surface area contributed by atoms with Crippen molar-refractivity contribution in [2.24, 2.45) is 0 Å². The van der Waals surface area contributed by atoms with E-state index >= 15 is 0 Å². The molecule has 2 rings (SSSR count). The molecule has 108 valence electrons. The average molecular weight is 354 g/mol. The van der Waals surface area contributed by atoms with E-state index in [0.29, 0.717) is 16.5 Å². The van der Waals surface area contributed by atoms with E-state index in [-0.39, 0.29) is 30.9 Å². The average Bonchev–Trinajstić information content (AvgIpc) is 2.41. The molecule has 0 bridgehead atoms. The molecule has 1 aromatic rings. The number of nitrogens with zero attached hydrogens (tertiary/aromatic N) is 1. The van der Waals surface area contributed by atoms with Crippen molar-refractivity contribution in [3.8, 4) is 0 Å². The molecular formula is C13H19BrClFN2O. The van der Waals surface area contributed by atoms with Crippen LogP contribution in [0.2, 0.25) is 0 Å². The number of halogens is 3. The van der Waals surface area contributed by atoms with E-state index in [0.717, 1.165) is 26.2 Å². The van der Waals surface area contributed by atoms with Crippen molar-refractivity contribution in [3.63, 3.8) is 0 Å². The number of piperazine rings is 1. The molecule has 0 radical (unpaired) electrons. The highest BCUT2D eigenvalue weighted by atomic mass is 79.9. The summed E-state index contributed by atoms with van der Waals surface area (Å²) in [6.07, 6.45) is 0.563. The normalized spacial score (nSPS) is 17.8. The predicted molar refractivity (Wildman–Crippen MR) is 80.2 cm³/mol. The van der Waals surface area contributed by atoms with Gasteiger partial charge in [0, 0.05) is 44.4 Å². The molecule has 1 heterocycles. The minimum atomic E-state index is -0.213. The van der Waals surface area contributed by atoms with Crippen molar-refractivity contribution >= 4 is 28.3 Å². The van der Waals surface area contributed by atoms with Gasteiger partial charge < -0.3 is 10.4 Å². The monoisotopic (exact) mass is 352 g/mol. The fourth-order valence-corrected chi connectivity index (χ4v) is 2.81. The Balaban J connectivity index is 0.00000180. The third-order valence-corrected chi connectivity index (χ3v) is 3.95. The maximum Gasteiger partial charge on any atom is 0.142 e. The first kappa shape index (κ1) is 16.9. The largest absolute Gasteiger partial charge is 0.396 e. The summed E-state index contributed by atoms with van der Waals surface area (Å²) in [5.41, 5.74) is 0.667. The molecule has 0 aromatic heterocycles. The van der Waals surface area contributed by atoms with Crippen LogP contribution in [0.1, 0.15) is 18.0 Å². The lowest BCUT2D eigenvalue weighted by molar-refractivity contribution is 0.138. The Kier molecular flexibility index (Phi) is 7.25. The van der Waals surface area contributed by atoms with E-state index in [1.807, 2.05) is 12.1 Å². The Morgan fingerprint density at radius 3 is 2.68 bits per heavy atom. The van der Waals surface area contributed by atoms with Crippen molar-refractivity contribution in [2.75, 3.05) is 32.8 Å². The first-order valence-electron chi connectivity index (χ1n) is 6.23. The van der Waals surface area contributed by atoms with Crippen LogP contribution in [0.4, 0.5) is 4.39 Å². The minimum Gasteiger partial charge on any atom is -0.396 e. The van der Waals surface area contributed by atoms with Crippen LogP contribution in [0.15, 0.2) is 22.7 Å². The molecule has 19 heavy (non-hydrogen) atoms. The van der Waals surface area contributed by atoms with Crippen LogP contribution in [0.25, 0.3) is 0 Å². The highest BCUT2D eigenvalue weighted by Gasteiger charge is 2.24. The van der Waals surface area contributed by atoms with E-state index in [1.165, 1.54) is 0 Å². The molecule has 0 aliphatic carbocycles. The molecule has 0 unspecified atom stereocenters. The van der Waals surface area contributed by atoms with E-state index in [2.05, 4.69) is 26.1 Å². The molecule has 1 atom stereocenters. The predicted octanol–water partition coefficient (Wildman–Crippen LogP) is 2.34. The number of hydrogen-bond donors (Lipinski definition) is 2. The molecular weight excluding hydrogens is 335 g/mol. The van der Waals surface area contributed by atoms with Crippen LogP contribution in [-0.4, -0.2) is 42.8 Å². The van der Waals surface area contributed by atoms with Gasteiger partial charge in [-0.2, -0.15) is 0 Å². The fraction of sp³-hybridized carbons (Fsp3) is 0.538. The highest BCUT2D eigenvalue weighted by Crippen LogP contribution is 2.30. The van der Waals surface area contributed by atoms with Gasteiger partial charge in [-0.1, -0.05) is 12.1 Å². The van der Waals surface area contributed by atoms with Crippen LogP contribution >= 0.6 is 28.3 Å². The number of rotatable bonds is 4. The molecule has 3 nitrogen and oxygen atoms in total. The summed E-state index contributed by atoms with van der Waals surface area (Å²) < 4.78 is 14.6. The molecule has 1 aliphatic heterocycles. The zero-order valence-electron chi connectivity index (χ0n) is 10.6. The first-order chi connectivity index (χ1) is 8.74. The quantitative estimate of drug-likeness (QED) is 0.872. The molecule has 0 spiro atoms. The smallest absolute Gasteiger partial charge is 0.142 e. The Labute approximate surface area is 127 Å². The number of aliphatic hydroxyl groups excluding tert-OH is 1. The van der Waals surface area contributed by atoms with Crippen LogP contribution < -0.4 is 5.32 Å². The Bertz CT molecular complexity index is 402. The number of hydrogen-bond acceptors (Lipinski definition) is 3. The summed E-state index contributed by atoms with van der Waals surface area (Å²) in [4.78, 5) is 2.23. The Morgan fingerprint density at radius 2 is 2.05 bits per heavy atom. The van der Waals surface area contributed by atoms with Gasteiger partial charge in [-0.3, -0.25) is 4.90 Å². The van der Waals surface area contributed by atoms with Gasteiger partial charge in [0.1, 0.15) is 5.82 Å². The van der Waals surface area contributed by atoms with Gasteiger partial charge in [-0.05, 0) is 28.4 Å². The van der Waals surface area contributed by atoms with Crippen molar-refractivity contribution in [2.45, 2.75) is 12.5 Å². The van der Waals surface area contributed by atoms with Crippen LogP contribution in [0, 0.1) is 5.82 Å². The molecule has 0 amide bonds. The van der Waals surface area contributed by atoms with E-state index in [4.69, 9.17) is 0 Å². The van der Waals surface area contributed by atoms with Crippen LogP contribution in [0.5, 0.6) is 0 Å². The zero-order chi connectivity index (χ0) is 13.0. The van der Waals surface area contributed by atoms with Gasteiger partial charge in [0.05, 0.1) is 4.47 Å². The summed E-state index contributed by atoms with van der Waals surface area (Å²) in [5, 5.41) is 12.5. The Morgan fingerprint density at radius 1 is 1.37 bits per heavy atom. The summed E-state index contributed by atoms with van der Waals surface area (Å²) in [5.74, 6) is -0.213. The van der Waals surface area contributed by atoms with Crippen molar-refractivity contribution in [3.05, 3.63) is 34.1 Å². The third kappa shape index (κ3) is 4.13. The molecule has 6 heteroatoms. The second kappa shape index (κ2) is 8.17. The fourth-order valence-electron chi connectivity index (χ4n) is 2.43. The first-order valence-corrected chi connectivity index (χ1v) is 7.03. The number of benzene rings is 1. The van der Waals surface area contributed by atoms with Crippen molar-refractivity contribution < 1.29 is 9.50 Å². The van der Waals surface area contributed by atoms with Gasteiger partial charge >= 0.3 is 0 Å². The maximum atomic E-state index is 14.2. The Hall–Kier alpha value is -0.200. The zero-order valence-corrected chi connectivity index (χ0v) is 13.0. The number of nitrogens with one attached hydrogen (secondary N) is 1. The second-order valence-corrected chi connectivity index (χ2v) is 5.31. The van der Waals surface area contributed by atoms with Crippen molar-refractivity contribution in [1.82, 2.24) is 10.2 Å². The molecule has 1 fully saturated rings.